The maximum Gasteiger partial charge on any atom is 0.410 e. The first-order valence-corrected chi connectivity index (χ1v) is 14.8. The molecule has 3 rings (SSSR count). The van der Waals surface area contributed by atoms with Crippen LogP contribution in [0.5, 0.6) is 5.75 Å². The SMILES string of the molecule is CC(C)(C)OC(=O)N1CCN(C(=O)N2CCC([C@@H](NS(=O)C(C)(C)C)c3cc(Cl)c(Cl)cc3O)CC2)CC1. The van der Waals surface area contributed by atoms with Crippen molar-refractivity contribution in [2.45, 2.75) is 70.8 Å². The van der Waals surface area contributed by atoms with E-state index in [1.807, 2.05) is 46.4 Å². The summed E-state index contributed by atoms with van der Waals surface area (Å²) >= 11 is 12.4. The minimum Gasteiger partial charge on any atom is -0.508 e. The van der Waals surface area contributed by atoms with Crippen molar-refractivity contribution < 1.29 is 23.6 Å². The lowest BCUT2D eigenvalue weighted by molar-refractivity contribution is 0.0152. The fraction of sp³-hybridized carbons (Fsp3) is 0.692. The van der Waals surface area contributed by atoms with Crippen LogP contribution in [-0.4, -0.2) is 85.8 Å². The number of carbonyl (C=O) groups excluding carboxylic acids is 2. The minimum atomic E-state index is -1.39. The molecule has 2 N–H and O–H groups in total. The molecule has 12 heteroatoms. The van der Waals surface area contributed by atoms with Crippen molar-refractivity contribution in [2.24, 2.45) is 5.92 Å². The van der Waals surface area contributed by atoms with Crippen LogP contribution in [0.1, 0.15) is 66.0 Å². The van der Waals surface area contributed by atoms with E-state index in [-0.39, 0.29) is 28.8 Å². The standard InChI is InChI=1S/C26H40Cl2N4O5S/c1-25(2,3)37-24(35)32-13-11-31(12-14-32)23(34)30-9-7-17(8-10-30)22(29-38(36)26(4,5)6)18-15-19(27)20(28)16-21(18)33/h15-17,22,29,33H,7-14H2,1-6H3/t22-,38?/m1/s1. The molecular formula is C26H40Cl2N4O5S. The third-order valence-electron chi connectivity index (χ3n) is 6.68. The number of urea groups is 1. The fourth-order valence-electron chi connectivity index (χ4n) is 4.54. The van der Waals surface area contributed by atoms with E-state index in [9.17, 15) is 18.9 Å². The average Bonchev–Trinajstić information content (AvgIpc) is 2.83. The summed E-state index contributed by atoms with van der Waals surface area (Å²) in [4.78, 5) is 30.8. The molecule has 214 valence electrons. The normalized spacial score (nSPS) is 19.3. The monoisotopic (exact) mass is 590 g/mol. The van der Waals surface area contributed by atoms with Crippen molar-refractivity contribution in [3.05, 3.63) is 27.7 Å². The number of nitrogens with one attached hydrogen (secondary N) is 1. The van der Waals surface area contributed by atoms with Crippen LogP contribution in [0.2, 0.25) is 10.0 Å². The highest BCUT2D eigenvalue weighted by Crippen LogP contribution is 2.40. The minimum absolute atomic E-state index is 0.0100. The van der Waals surface area contributed by atoms with E-state index in [0.717, 1.165) is 0 Å². The van der Waals surface area contributed by atoms with E-state index < -0.39 is 27.4 Å². The van der Waals surface area contributed by atoms with Crippen molar-refractivity contribution in [3.8, 4) is 5.75 Å². The van der Waals surface area contributed by atoms with Crippen molar-refractivity contribution >= 4 is 46.3 Å². The molecule has 0 saturated carbocycles. The molecule has 2 atom stereocenters. The van der Waals surface area contributed by atoms with E-state index >= 15 is 0 Å². The fourth-order valence-corrected chi connectivity index (χ4v) is 5.77. The largest absolute Gasteiger partial charge is 0.508 e. The summed E-state index contributed by atoms with van der Waals surface area (Å²) in [6.45, 7) is 13.9. The van der Waals surface area contributed by atoms with E-state index in [1.54, 1.807) is 15.9 Å². The summed E-state index contributed by atoms with van der Waals surface area (Å²) in [5.41, 5.74) is -0.0191. The Kier molecular flexibility index (Phi) is 9.87. The quantitative estimate of drug-likeness (QED) is 0.503. The third kappa shape index (κ3) is 7.90. The Bertz CT molecular complexity index is 1040. The Labute approximate surface area is 238 Å². The molecule has 0 radical (unpaired) electrons. The Balaban J connectivity index is 1.64. The van der Waals surface area contributed by atoms with E-state index in [2.05, 4.69) is 4.72 Å². The number of phenols is 1. The van der Waals surface area contributed by atoms with Crippen LogP contribution in [0.25, 0.3) is 0 Å². The highest BCUT2D eigenvalue weighted by molar-refractivity contribution is 7.84. The van der Waals surface area contributed by atoms with Gasteiger partial charge in [-0.05, 0) is 66.4 Å². The molecular weight excluding hydrogens is 551 g/mol. The Morgan fingerprint density at radius 1 is 0.947 bits per heavy atom. The number of likely N-dealkylation sites (tertiary alicyclic amines) is 1. The lowest BCUT2D eigenvalue weighted by Crippen LogP contribution is -2.55. The number of benzene rings is 1. The van der Waals surface area contributed by atoms with Crippen molar-refractivity contribution in [1.82, 2.24) is 19.4 Å². The number of hydrogen-bond acceptors (Lipinski definition) is 5. The van der Waals surface area contributed by atoms with Gasteiger partial charge in [-0.2, -0.15) is 0 Å². The van der Waals surface area contributed by atoms with Crippen molar-refractivity contribution in [2.75, 3.05) is 39.3 Å². The first-order valence-electron chi connectivity index (χ1n) is 12.9. The molecule has 0 aliphatic carbocycles. The van der Waals surface area contributed by atoms with Gasteiger partial charge in [0.25, 0.3) is 0 Å². The molecule has 2 fully saturated rings. The molecule has 2 aliphatic rings. The topological polar surface area (TPSA) is 102 Å². The van der Waals surface area contributed by atoms with Crippen LogP contribution >= 0.6 is 23.2 Å². The van der Waals surface area contributed by atoms with Gasteiger partial charge in [0.1, 0.15) is 11.4 Å². The van der Waals surface area contributed by atoms with Crippen molar-refractivity contribution in [1.29, 1.82) is 0 Å². The lowest BCUT2D eigenvalue weighted by atomic mass is 9.85. The molecule has 0 bridgehead atoms. The zero-order valence-corrected chi connectivity index (χ0v) is 25.4. The smallest absolute Gasteiger partial charge is 0.410 e. The number of carbonyl (C=O) groups is 2. The number of halogens is 2. The number of phenolic OH excluding ortho intramolecular Hbond substituents is 1. The second-order valence-corrected chi connectivity index (χ2v) is 14.7. The summed E-state index contributed by atoms with van der Waals surface area (Å²) in [6.07, 6.45) is 0.951. The third-order valence-corrected chi connectivity index (χ3v) is 8.98. The molecule has 1 aromatic rings. The van der Waals surface area contributed by atoms with Crippen molar-refractivity contribution in [3.63, 3.8) is 0 Å². The van der Waals surface area contributed by atoms with Gasteiger partial charge < -0.3 is 24.5 Å². The van der Waals surface area contributed by atoms with Gasteiger partial charge >= 0.3 is 12.1 Å². The van der Waals surface area contributed by atoms with Gasteiger partial charge in [-0.25, -0.2) is 18.5 Å². The molecule has 2 saturated heterocycles. The molecule has 1 aromatic carbocycles. The average molecular weight is 592 g/mol. The second kappa shape index (κ2) is 12.2. The maximum atomic E-state index is 13.2. The Morgan fingerprint density at radius 2 is 1.45 bits per heavy atom. The number of ether oxygens (including phenoxy) is 1. The number of aromatic hydroxyl groups is 1. The van der Waals surface area contributed by atoms with Gasteiger partial charge in [0, 0.05) is 50.9 Å². The first-order chi connectivity index (χ1) is 17.6. The predicted molar refractivity (Wildman–Crippen MR) is 151 cm³/mol. The number of amides is 3. The van der Waals surface area contributed by atoms with Gasteiger partial charge in [-0.3, -0.25) is 0 Å². The van der Waals surface area contributed by atoms with E-state index in [4.69, 9.17) is 27.9 Å². The molecule has 0 aromatic heterocycles. The van der Waals surface area contributed by atoms with E-state index in [1.165, 1.54) is 6.07 Å². The lowest BCUT2D eigenvalue weighted by Gasteiger charge is -2.41. The zero-order chi connectivity index (χ0) is 28.4. The molecule has 1 unspecified atom stereocenters. The molecule has 38 heavy (non-hydrogen) atoms. The number of hydrogen-bond donors (Lipinski definition) is 2. The highest BCUT2D eigenvalue weighted by Gasteiger charge is 2.36. The maximum absolute atomic E-state index is 13.2. The molecule has 3 amide bonds. The summed E-state index contributed by atoms with van der Waals surface area (Å²) < 4.78 is 21.2. The molecule has 2 heterocycles. The molecule has 9 nitrogen and oxygen atoms in total. The Morgan fingerprint density at radius 3 is 1.97 bits per heavy atom. The van der Waals surface area contributed by atoms with Crippen LogP contribution < -0.4 is 4.72 Å². The van der Waals surface area contributed by atoms with Gasteiger partial charge in [-0.1, -0.05) is 23.2 Å². The number of piperazine rings is 1. The van der Waals surface area contributed by atoms with Crippen LogP contribution in [0.3, 0.4) is 0 Å². The summed E-state index contributed by atoms with van der Waals surface area (Å²) in [5.74, 6) is 0.00156. The Hall–Kier alpha value is -1.75. The number of nitrogens with zero attached hydrogens (tertiary/aromatic N) is 3. The van der Waals surface area contributed by atoms with Gasteiger partial charge in [-0.15, -0.1) is 0 Å². The van der Waals surface area contributed by atoms with Crippen LogP contribution in [0.4, 0.5) is 9.59 Å². The number of rotatable bonds is 4. The van der Waals surface area contributed by atoms with Gasteiger partial charge in [0.05, 0.1) is 31.8 Å². The number of piperidine rings is 1. The van der Waals surface area contributed by atoms with Crippen LogP contribution in [-0.2, 0) is 15.7 Å². The molecule has 0 spiro atoms. The van der Waals surface area contributed by atoms with Crippen LogP contribution in [0, 0.1) is 5.92 Å². The summed E-state index contributed by atoms with van der Waals surface area (Å²) in [7, 11) is -1.39. The van der Waals surface area contributed by atoms with E-state index in [0.29, 0.717) is 62.7 Å². The summed E-state index contributed by atoms with van der Waals surface area (Å²) in [5, 5.41) is 11.2. The summed E-state index contributed by atoms with van der Waals surface area (Å²) in [6, 6.07) is 2.55. The highest BCUT2D eigenvalue weighted by atomic mass is 35.5. The first kappa shape index (κ1) is 30.8. The predicted octanol–water partition coefficient (Wildman–Crippen LogP) is 5.18. The second-order valence-electron chi connectivity index (χ2n) is 11.9. The van der Waals surface area contributed by atoms with Gasteiger partial charge in [0.2, 0.25) is 0 Å². The zero-order valence-electron chi connectivity index (χ0n) is 23.1. The molecule has 2 aliphatic heterocycles. The van der Waals surface area contributed by atoms with Crippen LogP contribution in [0.15, 0.2) is 12.1 Å². The van der Waals surface area contributed by atoms with Gasteiger partial charge in [0.15, 0.2) is 0 Å².